The Balaban J connectivity index is 2.88. The van der Waals surface area contributed by atoms with E-state index in [0.29, 0.717) is 11.6 Å². The van der Waals surface area contributed by atoms with E-state index in [1.54, 1.807) is 0 Å². The standard InChI is InChI=1S/C12H18ClNO/c1-3-9(4-2)15-12-7-5-6-11(13)10(12)8-14/h5-7,9H,3-4,8,14H2,1-2H3. The normalized spacial score (nSPS) is 10.7. The Bertz CT molecular complexity index is 310. The minimum absolute atomic E-state index is 0.244. The molecule has 0 atom stereocenters. The molecule has 0 radical (unpaired) electrons. The van der Waals surface area contributed by atoms with Crippen LogP contribution in [0.15, 0.2) is 18.2 Å². The van der Waals surface area contributed by atoms with Crippen LogP contribution in [0.2, 0.25) is 5.02 Å². The molecule has 2 nitrogen and oxygen atoms in total. The summed E-state index contributed by atoms with van der Waals surface area (Å²) in [6.45, 7) is 4.64. The maximum atomic E-state index is 6.04. The van der Waals surface area contributed by atoms with Gasteiger partial charge in [-0.2, -0.15) is 0 Å². The van der Waals surface area contributed by atoms with Crippen molar-refractivity contribution in [3.8, 4) is 5.75 Å². The molecule has 1 aromatic rings. The van der Waals surface area contributed by atoms with Gasteiger partial charge in [-0.3, -0.25) is 0 Å². The van der Waals surface area contributed by atoms with Crippen LogP contribution in [-0.4, -0.2) is 6.10 Å². The third-order valence-electron chi connectivity index (χ3n) is 2.48. The summed E-state index contributed by atoms with van der Waals surface area (Å²) < 4.78 is 5.85. The second kappa shape index (κ2) is 5.99. The van der Waals surface area contributed by atoms with Gasteiger partial charge in [-0.1, -0.05) is 31.5 Å². The van der Waals surface area contributed by atoms with Gasteiger partial charge in [0.25, 0.3) is 0 Å². The first-order valence-electron chi connectivity index (χ1n) is 5.37. The highest BCUT2D eigenvalue weighted by Crippen LogP contribution is 2.27. The van der Waals surface area contributed by atoms with Gasteiger partial charge in [0.1, 0.15) is 5.75 Å². The smallest absolute Gasteiger partial charge is 0.125 e. The van der Waals surface area contributed by atoms with Gasteiger partial charge in [0, 0.05) is 17.1 Å². The monoisotopic (exact) mass is 227 g/mol. The van der Waals surface area contributed by atoms with Gasteiger partial charge >= 0.3 is 0 Å². The van der Waals surface area contributed by atoms with Gasteiger partial charge in [-0.15, -0.1) is 0 Å². The molecule has 0 bridgehead atoms. The molecule has 0 aliphatic rings. The largest absolute Gasteiger partial charge is 0.490 e. The maximum Gasteiger partial charge on any atom is 0.125 e. The molecule has 15 heavy (non-hydrogen) atoms. The van der Waals surface area contributed by atoms with E-state index in [9.17, 15) is 0 Å². The third-order valence-corrected chi connectivity index (χ3v) is 2.84. The summed E-state index contributed by atoms with van der Waals surface area (Å²) in [5.74, 6) is 0.818. The highest BCUT2D eigenvalue weighted by atomic mass is 35.5. The zero-order chi connectivity index (χ0) is 11.3. The first kappa shape index (κ1) is 12.3. The van der Waals surface area contributed by atoms with Crippen LogP contribution in [0.3, 0.4) is 0 Å². The average Bonchev–Trinajstić information content (AvgIpc) is 2.26. The molecule has 3 heteroatoms. The molecule has 0 aliphatic carbocycles. The lowest BCUT2D eigenvalue weighted by Crippen LogP contribution is -2.15. The topological polar surface area (TPSA) is 35.2 Å². The van der Waals surface area contributed by atoms with Crippen molar-refractivity contribution in [2.75, 3.05) is 0 Å². The zero-order valence-electron chi connectivity index (χ0n) is 9.29. The number of ether oxygens (including phenoxy) is 1. The summed E-state index contributed by atoms with van der Waals surface area (Å²) in [6.07, 6.45) is 2.23. The number of hydrogen-bond donors (Lipinski definition) is 1. The first-order valence-corrected chi connectivity index (χ1v) is 5.74. The molecular formula is C12H18ClNO. The Morgan fingerprint density at radius 2 is 2.00 bits per heavy atom. The van der Waals surface area contributed by atoms with Crippen LogP contribution in [0, 0.1) is 0 Å². The highest BCUT2D eigenvalue weighted by Gasteiger charge is 2.10. The van der Waals surface area contributed by atoms with Gasteiger partial charge in [0.2, 0.25) is 0 Å². The Labute approximate surface area is 96.4 Å². The molecule has 0 aliphatic heterocycles. The summed E-state index contributed by atoms with van der Waals surface area (Å²) in [7, 11) is 0. The minimum Gasteiger partial charge on any atom is -0.490 e. The molecule has 0 heterocycles. The fourth-order valence-electron chi connectivity index (χ4n) is 1.48. The maximum absolute atomic E-state index is 6.04. The summed E-state index contributed by atoms with van der Waals surface area (Å²) >= 11 is 6.04. The van der Waals surface area contributed by atoms with Gasteiger partial charge in [0.05, 0.1) is 6.10 Å². The van der Waals surface area contributed by atoms with E-state index in [2.05, 4.69) is 13.8 Å². The lowest BCUT2D eigenvalue weighted by atomic mass is 10.2. The van der Waals surface area contributed by atoms with Crippen LogP contribution in [0.5, 0.6) is 5.75 Å². The molecule has 0 unspecified atom stereocenters. The molecule has 0 saturated carbocycles. The molecule has 1 rings (SSSR count). The summed E-state index contributed by atoms with van der Waals surface area (Å²) in [5.41, 5.74) is 6.54. The van der Waals surface area contributed by atoms with Gasteiger partial charge in [-0.25, -0.2) is 0 Å². The lowest BCUT2D eigenvalue weighted by molar-refractivity contribution is 0.191. The van der Waals surface area contributed by atoms with Crippen LogP contribution in [0.4, 0.5) is 0 Å². The second-order valence-corrected chi connectivity index (χ2v) is 3.88. The van der Waals surface area contributed by atoms with Crippen molar-refractivity contribution in [3.05, 3.63) is 28.8 Å². The van der Waals surface area contributed by atoms with Crippen molar-refractivity contribution in [2.24, 2.45) is 5.73 Å². The fourth-order valence-corrected chi connectivity index (χ4v) is 1.73. The first-order chi connectivity index (χ1) is 7.22. The summed E-state index contributed by atoms with van der Waals surface area (Å²) in [4.78, 5) is 0. The minimum atomic E-state index is 0.244. The third kappa shape index (κ3) is 3.11. The molecule has 0 amide bonds. The second-order valence-electron chi connectivity index (χ2n) is 3.48. The van der Waals surface area contributed by atoms with E-state index in [-0.39, 0.29) is 6.10 Å². The predicted octanol–water partition coefficient (Wildman–Crippen LogP) is 3.37. The summed E-state index contributed by atoms with van der Waals surface area (Å²) in [5, 5.41) is 0.681. The van der Waals surface area contributed by atoms with Crippen molar-refractivity contribution in [1.82, 2.24) is 0 Å². The molecule has 2 N–H and O–H groups in total. The SMILES string of the molecule is CCC(CC)Oc1cccc(Cl)c1CN. The van der Waals surface area contributed by atoms with Gasteiger partial charge in [0.15, 0.2) is 0 Å². The lowest BCUT2D eigenvalue weighted by Gasteiger charge is -2.18. The number of nitrogens with two attached hydrogens (primary N) is 1. The number of rotatable bonds is 5. The number of halogens is 1. The molecule has 84 valence electrons. The fraction of sp³-hybridized carbons (Fsp3) is 0.500. The van der Waals surface area contributed by atoms with Crippen LogP contribution < -0.4 is 10.5 Å². The quantitative estimate of drug-likeness (QED) is 0.837. The van der Waals surface area contributed by atoms with E-state index in [1.807, 2.05) is 18.2 Å². The van der Waals surface area contributed by atoms with Crippen molar-refractivity contribution < 1.29 is 4.74 Å². The molecule has 0 saturated heterocycles. The molecule has 0 spiro atoms. The van der Waals surface area contributed by atoms with Crippen molar-refractivity contribution in [3.63, 3.8) is 0 Å². The Morgan fingerprint density at radius 1 is 1.33 bits per heavy atom. The molecule has 0 aromatic heterocycles. The van der Waals surface area contributed by atoms with E-state index < -0.39 is 0 Å². The van der Waals surface area contributed by atoms with Crippen LogP contribution in [0.25, 0.3) is 0 Å². The Morgan fingerprint density at radius 3 is 2.53 bits per heavy atom. The van der Waals surface area contributed by atoms with Crippen LogP contribution >= 0.6 is 11.6 Å². The average molecular weight is 228 g/mol. The molecular weight excluding hydrogens is 210 g/mol. The van der Waals surface area contributed by atoms with E-state index in [1.165, 1.54) is 0 Å². The number of benzene rings is 1. The van der Waals surface area contributed by atoms with E-state index in [0.717, 1.165) is 24.2 Å². The summed E-state index contributed by atoms with van der Waals surface area (Å²) in [6, 6.07) is 5.65. The predicted molar refractivity (Wildman–Crippen MR) is 64.3 cm³/mol. The van der Waals surface area contributed by atoms with Crippen LogP contribution in [0.1, 0.15) is 32.3 Å². The molecule has 1 aromatic carbocycles. The van der Waals surface area contributed by atoms with E-state index >= 15 is 0 Å². The number of hydrogen-bond acceptors (Lipinski definition) is 2. The van der Waals surface area contributed by atoms with Gasteiger partial charge in [-0.05, 0) is 25.0 Å². The zero-order valence-corrected chi connectivity index (χ0v) is 10.1. The van der Waals surface area contributed by atoms with Crippen molar-refractivity contribution in [1.29, 1.82) is 0 Å². The van der Waals surface area contributed by atoms with E-state index in [4.69, 9.17) is 22.1 Å². The Hall–Kier alpha value is -0.730. The highest BCUT2D eigenvalue weighted by molar-refractivity contribution is 6.31. The Kier molecular flexibility index (Phi) is 4.92. The van der Waals surface area contributed by atoms with Crippen molar-refractivity contribution in [2.45, 2.75) is 39.3 Å². The van der Waals surface area contributed by atoms with Crippen LogP contribution in [-0.2, 0) is 6.54 Å². The van der Waals surface area contributed by atoms with Crippen molar-refractivity contribution >= 4 is 11.6 Å². The molecule has 0 fully saturated rings. The van der Waals surface area contributed by atoms with Gasteiger partial charge < -0.3 is 10.5 Å².